The predicted molar refractivity (Wildman–Crippen MR) is 107 cm³/mol. The fraction of sp³-hybridized carbons (Fsp3) is 0.571. The van der Waals surface area contributed by atoms with Crippen molar-refractivity contribution in [2.45, 2.75) is 25.7 Å². The van der Waals surface area contributed by atoms with Crippen LogP contribution in [0.4, 0.5) is 0 Å². The Kier molecular flexibility index (Phi) is 6.95. The van der Waals surface area contributed by atoms with Crippen LogP contribution in [0.25, 0.3) is 0 Å². The molecule has 2 fully saturated rings. The zero-order valence-corrected chi connectivity index (χ0v) is 17.1. The van der Waals surface area contributed by atoms with E-state index < -0.39 is 0 Å². The van der Waals surface area contributed by atoms with Crippen molar-refractivity contribution in [3.63, 3.8) is 0 Å². The van der Waals surface area contributed by atoms with Gasteiger partial charge in [0.25, 0.3) is 5.91 Å². The van der Waals surface area contributed by atoms with E-state index in [9.17, 15) is 14.4 Å². The standard InChI is InChI=1S/C21H29N3O5/c1-28-17-9-16(10-18(11-17)29-2)21(27)22-12-15-5-3-7-23(13-15)20(26)14-24-8-4-6-19(24)25/h9-11,15H,3-8,12-14H2,1-2H3,(H,22,27)/t15-/m1/s1. The van der Waals surface area contributed by atoms with Gasteiger partial charge in [-0.05, 0) is 37.3 Å². The van der Waals surface area contributed by atoms with Crippen molar-refractivity contribution in [1.82, 2.24) is 15.1 Å². The Labute approximate surface area is 171 Å². The quantitative estimate of drug-likeness (QED) is 0.741. The van der Waals surface area contributed by atoms with Crippen LogP contribution in [0.15, 0.2) is 18.2 Å². The van der Waals surface area contributed by atoms with Gasteiger partial charge in [-0.15, -0.1) is 0 Å². The summed E-state index contributed by atoms with van der Waals surface area (Å²) in [5, 5.41) is 2.96. The second-order valence-corrected chi connectivity index (χ2v) is 7.58. The number of carbonyl (C=O) groups excluding carboxylic acids is 3. The minimum Gasteiger partial charge on any atom is -0.497 e. The number of piperidine rings is 1. The maximum absolute atomic E-state index is 12.6. The predicted octanol–water partition coefficient (Wildman–Crippen LogP) is 1.29. The topological polar surface area (TPSA) is 88.2 Å². The first kappa shape index (κ1) is 21.0. The highest BCUT2D eigenvalue weighted by molar-refractivity contribution is 5.95. The van der Waals surface area contributed by atoms with E-state index in [2.05, 4.69) is 5.32 Å². The van der Waals surface area contributed by atoms with Crippen LogP contribution < -0.4 is 14.8 Å². The Morgan fingerprint density at radius 1 is 1.10 bits per heavy atom. The monoisotopic (exact) mass is 403 g/mol. The van der Waals surface area contributed by atoms with Crippen LogP contribution in [0.1, 0.15) is 36.0 Å². The third-order valence-electron chi connectivity index (χ3n) is 5.53. The molecule has 0 spiro atoms. The number of hydrogen-bond acceptors (Lipinski definition) is 5. The Bertz CT molecular complexity index is 744. The number of rotatable bonds is 7. The molecule has 0 saturated carbocycles. The van der Waals surface area contributed by atoms with Crippen molar-refractivity contribution < 1.29 is 23.9 Å². The Morgan fingerprint density at radius 3 is 2.45 bits per heavy atom. The summed E-state index contributed by atoms with van der Waals surface area (Å²) in [6, 6.07) is 5.05. The zero-order valence-electron chi connectivity index (χ0n) is 17.1. The van der Waals surface area contributed by atoms with Crippen LogP contribution >= 0.6 is 0 Å². The molecule has 0 bridgehead atoms. The highest BCUT2D eigenvalue weighted by Crippen LogP contribution is 2.23. The van der Waals surface area contributed by atoms with Crippen molar-refractivity contribution in [3.05, 3.63) is 23.8 Å². The fourth-order valence-electron chi connectivity index (χ4n) is 3.87. The largest absolute Gasteiger partial charge is 0.497 e. The number of nitrogens with zero attached hydrogens (tertiary/aromatic N) is 2. The zero-order chi connectivity index (χ0) is 20.8. The molecule has 2 heterocycles. The Hall–Kier alpha value is -2.77. The summed E-state index contributed by atoms with van der Waals surface area (Å²) >= 11 is 0. The molecule has 0 unspecified atom stereocenters. The molecule has 2 saturated heterocycles. The van der Waals surface area contributed by atoms with E-state index >= 15 is 0 Å². The molecule has 29 heavy (non-hydrogen) atoms. The van der Waals surface area contributed by atoms with Gasteiger partial charge in [0, 0.05) is 44.2 Å². The summed E-state index contributed by atoms with van der Waals surface area (Å²) in [5.41, 5.74) is 0.470. The summed E-state index contributed by atoms with van der Waals surface area (Å²) in [6.45, 7) is 2.63. The molecule has 0 aromatic heterocycles. The minimum absolute atomic E-state index is 0.00573. The number of nitrogens with one attached hydrogen (secondary N) is 1. The van der Waals surface area contributed by atoms with Crippen molar-refractivity contribution in [2.75, 3.05) is 46.9 Å². The van der Waals surface area contributed by atoms with E-state index in [-0.39, 0.29) is 30.2 Å². The highest BCUT2D eigenvalue weighted by Gasteiger charge is 2.28. The molecule has 8 nitrogen and oxygen atoms in total. The van der Waals surface area contributed by atoms with Gasteiger partial charge in [0.05, 0.1) is 20.8 Å². The van der Waals surface area contributed by atoms with E-state index in [0.29, 0.717) is 49.7 Å². The van der Waals surface area contributed by atoms with E-state index in [1.54, 1.807) is 37.3 Å². The van der Waals surface area contributed by atoms with Gasteiger partial charge in [-0.2, -0.15) is 0 Å². The van der Waals surface area contributed by atoms with Gasteiger partial charge in [-0.3, -0.25) is 14.4 Å². The molecular formula is C21H29N3O5. The van der Waals surface area contributed by atoms with Crippen molar-refractivity contribution >= 4 is 17.7 Å². The number of carbonyl (C=O) groups is 3. The van der Waals surface area contributed by atoms with Gasteiger partial charge in [0.15, 0.2) is 0 Å². The smallest absolute Gasteiger partial charge is 0.251 e. The molecule has 1 atom stereocenters. The SMILES string of the molecule is COc1cc(OC)cc(C(=O)NC[C@H]2CCCN(C(=O)CN3CCCC3=O)C2)c1. The number of benzene rings is 1. The van der Waals surface area contributed by atoms with E-state index in [1.165, 1.54) is 0 Å². The minimum atomic E-state index is -0.201. The molecule has 0 radical (unpaired) electrons. The second kappa shape index (κ2) is 9.62. The van der Waals surface area contributed by atoms with E-state index in [0.717, 1.165) is 19.3 Å². The van der Waals surface area contributed by atoms with Crippen molar-refractivity contribution in [3.8, 4) is 11.5 Å². The first-order chi connectivity index (χ1) is 14.0. The van der Waals surface area contributed by atoms with Gasteiger partial charge >= 0.3 is 0 Å². The highest BCUT2D eigenvalue weighted by atomic mass is 16.5. The molecule has 158 valence electrons. The van der Waals surface area contributed by atoms with Gasteiger partial charge in [0.2, 0.25) is 11.8 Å². The summed E-state index contributed by atoms with van der Waals surface area (Å²) in [5.74, 6) is 1.16. The number of methoxy groups -OCH3 is 2. The van der Waals surface area contributed by atoms with Crippen LogP contribution in [-0.2, 0) is 9.59 Å². The first-order valence-corrected chi connectivity index (χ1v) is 10.1. The van der Waals surface area contributed by atoms with E-state index in [1.807, 2.05) is 4.90 Å². The number of likely N-dealkylation sites (tertiary alicyclic amines) is 2. The fourth-order valence-corrected chi connectivity index (χ4v) is 3.87. The lowest BCUT2D eigenvalue weighted by Gasteiger charge is -2.34. The molecule has 8 heteroatoms. The third kappa shape index (κ3) is 5.40. The molecule has 1 aromatic carbocycles. The van der Waals surface area contributed by atoms with Crippen LogP contribution in [0.5, 0.6) is 11.5 Å². The molecule has 1 aromatic rings. The Morgan fingerprint density at radius 2 is 1.83 bits per heavy atom. The maximum Gasteiger partial charge on any atom is 0.251 e. The normalized spacial score (nSPS) is 19.2. The number of ether oxygens (including phenoxy) is 2. The maximum atomic E-state index is 12.6. The second-order valence-electron chi connectivity index (χ2n) is 7.58. The molecule has 0 aliphatic carbocycles. The lowest BCUT2D eigenvalue weighted by atomic mass is 9.97. The number of amides is 3. The molecule has 3 amide bonds. The molecule has 2 aliphatic heterocycles. The summed E-state index contributed by atoms with van der Waals surface area (Å²) in [7, 11) is 3.08. The lowest BCUT2D eigenvalue weighted by molar-refractivity contribution is -0.139. The van der Waals surface area contributed by atoms with Gasteiger partial charge < -0.3 is 24.6 Å². The molecule has 2 aliphatic rings. The third-order valence-corrected chi connectivity index (χ3v) is 5.53. The summed E-state index contributed by atoms with van der Waals surface area (Å²) in [4.78, 5) is 40.3. The summed E-state index contributed by atoms with van der Waals surface area (Å²) < 4.78 is 10.4. The molecular weight excluding hydrogens is 374 g/mol. The van der Waals surface area contributed by atoms with Gasteiger partial charge in [-0.1, -0.05) is 0 Å². The molecule has 1 N–H and O–H groups in total. The lowest BCUT2D eigenvalue weighted by Crippen LogP contribution is -2.47. The van der Waals surface area contributed by atoms with Crippen LogP contribution in [-0.4, -0.2) is 74.5 Å². The van der Waals surface area contributed by atoms with Crippen LogP contribution in [0, 0.1) is 5.92 Å². The first-order valence-electron chi connectivity index (χ1n) is 10.1. The van der Waals surface area contributed by atoms with E-state index in [4.69, 9.17) is 9.47 Å². The summed E-state index contributed by atoms with van der Waals surface area (Å²) in [6.07, 6.45) is 3.22. The Balaban J connectivity index is 1.52. The van der Waals surface area contributed by atoms with Gasteiger partial charge in [0.1, 0.15) is 11.5 Å². The van der Waals surface area contributed by atoms with Crippen LogP contribution in [0.2, 0.25) is 0 Å². The van der Waals surface area contributed by atoms with Crippen molar-refractivity contribution in [2.24, 2.45) is 5.92 Å². The van der Waals surface area contributed by atoms with Gasteiger partial charge in [-0.25, -0.2) is 0 Å². The molecule has 3 rings (SSSR count). The average Bonchev–Trinajstić information content (AvgIpc) is 3.15. The number of hydrogen-bond donors (Lipinski definition) is 1. The average molecular weight is 403 g/mol. The van der Waals surface area contributed by atoms with Crippen molar-refractivity contribution in [1.29, 1.82) is 0 Å². The van der Waals surface area contributed by atoms with Crippen LogP contribution in [0.3, 0.4) is 0 Å².